The highest BCUT2D eigenvalue weighted by Crippen LogP contribution is 2.33. The summed E-state index contributed by atoms with van der Waals surface area (Å²) in [6.07, 6.45) is 1.51. The summed E-state index contributed by atoms with van der Waals surface area (Å²) < 4.78 is 49.0. The second-order valence-corrected chi connectivity index (χ2v) is 5.00. The van der Waals surface area contributed by atoms with Gasteiger partial charge in [-0.05, 0) is 12.1 Å². The lowest BCUT2D eigenvalue weighted by Gasteiger charge is -2.12. The van der Waals surface area contributed by atoms with Crippen LogP contribution in [-0.4, -0.2) is 20.8 Å². The molecule has 0 saturated carbocycles. The summed E-state index contributed by atoms with van der Waals surface area (Å²) in [5.41, 5.74) is -0.833. The molecule has 1 aromatic rings. The van der Waals surface area contributed by atoms with Crippen molar-refractivity contribution in [2.24, 2.45) is 4.99 Å². The van der Waals surface area contributed by atoms with Crippen molar-refractivity contribution < 1.29 is 22.0 Å². The molecule has 0 aliphatic carbocycles. The van der Waals surface area contributed by atoms with Crippen LogP contribution in [0.1, 0.15) is 5.56 Å². The quantitative estimate of drug-likeness (QED) is 0.461. The highest BCUT2D eigenvalue weighted by molar-refractivity contribution is 7.90. The first kappa shape index (κ1) is 12.5. The molecule has 0 saturated heterocycles. The number of alkyl halides is 2. The van der Waals surface area contributed by atoms with E-state index in [0.717, 1.165) is 18.4 Å². The summed E-state index contributed by atoms with van der Waals surface area (Å²) in [6, 6.07) is 0.580. The van der Waals surface area contributed by atoms with Gasteiger partial charge >= 0.3 is 6.05 Å². The fourth-order valence-electron chi connectivity index (χ4n) is 1.16. The van der Waals surface area contributed by atoms with Crippen LogP contribution in [0.25, 0.3) is 0 Å². The fourth-order valence-corrected chi connectivity index (χ4v) is 2.07. The van der Waals surface area contributed by atoms with Gasteiger partial charge in [0.15, 0.2) is 9.84 Å². The summed E-state index contributed by atoms with van der Waals surface area (Å²) in [5.74, 6) is 0. The van der Waals surface area contributed by atoms with Crippen LogP contribution < -0.4 is 0 Å². The molecule has 0 fully saturated rings. The molecule has 0 radical (unpaired) electrons. The molecule has 0 spiro atoms. The Bertz CT molecular complexity index is 548. The van der Waals surface area contributed by atoms with Gasteiger partial charge in [-0.2, -0.15) is 8.78 Å². The summed E-state index contributed by atoms with van der Waals surface area (Å²) in [7, 11) is -3.80. The molecule has 16 heavy (non-hydrogen) atoms. The number of hydrogen-bond donors (Lipinski definition) is 0. The van der Waals surface area contributed by atoms with Gasteiger partial charge in [-0.15, -0.1) is 4.99 Å². The van der Waals surface area contributed by atoms with Crippen molar-refractivity contribution in [2.45, 2.75) is 10.9 Å². The lowest BCUT2D eigenvalue weighted by molar-refractivity contribution is 0.00321. The first-order chi connectivity index (χ1) is 7.29. The number of rotatable bonds is 3. The molecule has 0 aliphatic rings. The van der Waals surface area contributed by atoms with Crippen LogP contribution in [0, 0.1) is 0 Å². The van der Waals surface area contributed by atoms with Crippen molar-refractivity contribution >= 4 is 15.9 Å². The van der Waals surface area contributed by atoms with Crippen molar-refractivity contribution in [3.05, 3.63) is 29.8 Å². The van der Waals surface area contributed by atoms with Gasteiger partial charge in [0.25, 0.3) is 0 Å². The summed E-state index contributed by atoms with van der Waals surface area (Å²) >= 11 is 0. The van der Waals surface area contributed by atoms with Crippen LogP contribution in [-0.2, 0) is 20.7 Å². The predicted octanol–water partition coefficient (Wildman–Crippen LogP) is 1.48. The number of hydrogen-bond acceptors (Lipinski definition) is 4. The molecule has 0 unspecified atom stereocenters. The molecule has 0 amide bonds. The molecule has 1 aromatic carbocycles. The largest absolute Gasteiger partial charge is 0.380 e. The number of benzene rings is 1. The third kappa shape index (κ3) is 2.50. The molecule has 0 N–H and O–H groups in total. The molecular formula is C9H7F2NO3S. The molecule has 86 valence electrons. The van der Waals surface area contributed by atoms with Crippen molar-refractivity contribution in [1.29, 1.82) is 0 Å². The molecule has 0 aliphatic heterocycles. The molecule has 1 rings (SSSR count). The molecule has 4 nitrogen and oxygen atoms in total. The topological polar surface area (TPSA) is 63.6 Å². The van der Waals surface area contributed by atoms with Crippen LogP contribution in [0.15, 0.2) is 34.2 Å². The van der Waals surface area contributed by atoms with Gasteiger partial charge in [0, 0.05) is 6.26 Å². The highest BCUT2D eigenvalue weighted by atomic mass is 32.2. The molecule has 0 heterocycles. The SMILES string of the molecule is CS(=O)(=O)c1ccccc1C(F)(F)N=C=O. The maximum absolute atomic E-state index is 13.3. The standard InChI is InChI=1S/C9H7F2NO3S/c1-16(14,15)8-5-3-2-4-7(8)9(10,11)12-6-13/h2-5H,1H3. The lowest BCUT2D eigenvalue weighted by Crippen LogP contribution is -2.15. The monoisotopic (exact) mass is 247 g/mol. The second kappa shape index (κ2) is 4.11. The van der Waals surface area contributed by atoms with Crippen molar-refractivity contribution in [1.82, 2.24) is 0 Å². The Morgan fingerprint density at radius 2 is 1.88 bits per heavy atom. The number of sulfone groups is 1. The first-order valence-electron chi connectivity index (χ1n) is 4.05. The van der Waals surface area contributed by atoms with Crippen molar-refractivity contribution in [2.75, 3.05) is 6.26 Å². The Morgan fingerprint density at radius 1 is 1.31 bits per heavy atom. The number of nitrogens with zero attached hydrogens (tertiary/aromatic N) is 1. The first-order valence-corrected chi connectivity index (χ1v) is 5.94. The van der Waals surface area contributed by atoms with Gasteiger partial charge in [-0.3, -0.25) is 0 Å². The van der Waals surface area contributed by atoms with E-state index in [-0.39, 0.29) is 0 Å². The second-order valence-electron chi connectivity index (χ2n) is 3.01. The Labute approximate surface area is 90.5 Å². The maximum atomic E-state index is 13.3. The van der Waals surface area contributed by atoms with E-state index in [9.17, 15) is 22.0 Å². The van der Waals surface area contributed by atoms with Gasteiger partial charge < -0.3 is 0 Å². The van der Waals surface area contributed by atoms with E-state index < -0.39 is 26.3 Å². The normalized spacial score (nSPS) is 11.9. The van der Waals surface area contributed by atoms with Crippen molar-refractivity contribution in [3.63, 3.8) is 0 Å². The third-order valence-corrected chi connectivity index (χ3v) is 2.95. The highest BCUT2D eigenvalue weighted by Gasteiger charge is 2.35. The minimum absolute atomic E-state index is 0.556. The van der Waals surface area contributed by atoms with Crippen LogP contribution in [0.4, 0.5) is 8.78 Å². The van der Waals surface area contributed by atoms with Crippen LogP contribution in [0.3, 0.4) is 0 Å². The smallest absolute Gasteiger partial charge is 0.224 e. The molecular weight excluding hydrogens is 240 g/mol. The van der Waals surface area contributed by atoms with Crippen LogP contribution in [0.2, 0.25) is 0 Å². The van der Waals surface area contributed by atoms with Gasteiger partial charge in [-0.25, -0.2) is 13.2 Å². The number of carbonyl (C=O) groups excluding carboxylic acids is 1. The molecule has 0 aromatic heterocycles. The minimum atomic E-state index is -3.89. The third-order valence-electron chi connectivity index (χ3n) is 1.80. The van der Waals surface area contributed by atoms with Gasteiger partial charge in [-0.1, -0.05) is 12.1 Å². The molecule has 7 heteroatoms. The van der Waals surface area contributed by atoms with E-state index in [1.165, 1.54) is 12.1 Å². The Hall–Kier alpha value is -1.59. The zero-order valence-electron chi connectivity index (χ0n) is 8.15. The molecule has 0 atom stereocenters. The van der Waals surface area contributed by atoms with Crippen LogP contribution >= 0.6 is 0 Å². The Balaban J connectivity index is 3.52. The number of halogens is 2. The maximum Gasteiger partial charge on any atom is 0.380 e. The van der Waals surface area contributed by atoms with Crippen LogP contribution in [0.5, 0.6) is 0 Å². The van der Waals surface area contributed by atoms with Gasteiger partial charge in [0.05, 0.1) is 10.5 Å². The number of aliphatic imine (C=N–C) groups is 1. The Kier molecular flexibility index (Phi) is 3.21. The number of isocyanates is 1. The Morgan fingerprint density at radius 3 is 2.38 bits per heavy atom. The zero-order valence-corrected chi connectivity index (χ0v) is 8.96. The fraction of sp³-hybridized carbons (Fsp3) is 0.222. The molecule has 0 bridgehead atoms. The van der Waals surface area contributed by atoms with E-state index in [4.69, 9.17) is 0 Å². The average Bonchev–Trinajstić information content (AvgIpc) is 2.16. The van der Waals surface area contributed by atoms with Crippen molar-refractivity contribution in [3.8, 4) is 0 Å². The van der Waals surface area contributed by atoms with Gasteiger partial charge in [0.2, 0.25) is 6.08 Å². The van der Waals surface area contributed by atoms with Gasteiger partial charge in [0.1, 0.15) is 0 Å². The van der Waals surface area contributed by atoms with E-state index in [1.54, 1.807) is 0 Å². The minimum Gasteiger partial charge on any atom is -0.224 e. The summed E-state index contributed by atoms with van der Waals surface area (Å²) in [6.45, 7) is 0. The van der Waals surface area contributed by atoms with E-state index in [1.807, 2.05) is 0 Å². The van der Waals surface area contributed by atoms with E-state index in [0.29, 0.717) is 6.08 Å². The zero-order chi connectivity index (χ0) is 12.4. The predicted molar refractivity (Wildman–Crippen MR) is 51.6 cm³/mol. The summed E-state index contributed by atoms with van der Waals surface area (Å²) in [4.78, 5) is 11.6. The summed E-state index contributed by atoms with van der Waals surface area (Å²) in [5, 5.41) is 0. The average molecular weight is 247 g/mol. The lowest BCUT2D eigenvalue weighted by atomic mass is 10.2. The van der Waals surface area contributed by atoms with E-state index in [2.05, 4.69) is 4.99 Å². The van der Waals surface area contributed by atoms with E-state index >= 15 is 0 Å².